The lowest BCUT2D eigenvalue weighted by molar-refractivity contribution is 0.0945. The Morgan fingerprint density at radius 2 is 1.86 bits per heavy atom. The van der Waals surface area contributed by atoms with Gasteiger partial charge in [0.05, 0.1) is 5.56 Å². The van der Waals surface area contributed by atoms with Gasteiger partial charge < -0.3 is 26.0 Å². The third-order valence-corrected chi connectivity index (χ3v) is 2.68. The number of aromatic nitrogens is 1. The SMILES string of the molecule is Nc1onc(C(=O)NCCNC(=O)O)c1-c1ccccc1. The molecule has 1 aromatic carbocycles. The molecule has 110 valence electrons. The molecule has 0 aliphatic carbocycles. The zero-order valence-corrected chi connectivity index (χ0v) is 11.0. The van der Waals surface area contributed by atoms with E-state index in [1.165, 1.54) is 0 Å². The van der Waals surface area contributed by atoms with E-state index in [1.807, 2.05) is 6.07 Å². The van der Waals surface area contributed by atoms with Crippen molar-refractivity contribution in [2.45, 2.75) is 0 Å². The minimum Gasteiger partial charge on any atom is -0.465 e. The van der Waals surface area contributed by atoms with Gasteiger partial charge in [-0.15, -0.1) is 0 Å². The fourth-order valence-electron chi connectivity index (χ4n) is 1.77. The number of hydrogen-bond acceptors (Lipinski definition) is 5. The summed E-state index contributed by atoms with van der Waals surface area (Å²) >= 11 is 0. The molecule has 0 radical (unpaired) electrons. The van der Waals surface area contributed by atoms with Crippen molar-refractivity contribution in [3.63, 3.8) is 0 Å². The van der Waals surface area contributed by atoms with E-state index >= 15 is 0 Å². The number of nitrogens with zero attached hydrogens (tertiary/aromatic N) is 1. The van der Waals surface area contributed by atoms with Crippen LogP contribution in [0.5, 0.6) is 0 Å². The van der Waals surface area contributed by atoms with E-state index in [0.29, 0.717) is 11.1 Å². The summed E-state index contributed by atoms with van der Waals surface area (Å²) in [6, 6.07) is 9.02. The first-order valence-electron chi connectivity index (χ1n) is 6.15. The second kappa shape index (κ2) is 6.42. The molecule has 0 saturated heterocycles. The number of anilines is 1. The number of carbonyl (C=O) groups is 2. The van der Waals surface area contributed by atoms with Crippen molar-refractivity contribution in [3.05, 3.63) is 36.0 Å². The standard InChI is InChI=1S/C13H14N4O4/c14-11-9(8-4-2-1-3-5-8)10(17-21-11)12(18)15-6-7-16-13(19)20/h1-5,16H,6-7,14H2,(H,15,18)(H,19,20). The number of nitrogen functional groups attached to an aromatic ring is 1. The van der Waals surface area contributed by atoms with E-state index in [-0.39, 0.29) is 24.7 Å². The van der Waals surface area contributed by atoms with Gasteiger partial charge in [-0.1, -0.05) is 35.5 Å². The van der Waals surface area contributed by atoms with E-state index in [4.69, 9.17) is 15.4 Å². The third-order valence-electron chi connectivity index (χ3n) is 2.68. The maximum Gasteiger partial charge on any atom is 0.404 e. The molecule has 5 N–H and O–H groups in total. The zero-order valence-electron chi connectivity index (χ0n) is 11.0. The van der Waals surface area contributed by atoms with E-state index in [9.17, 15) is 9.59 Å². The van der Waals surface area contributed by atoms with Crippen LogP contribution in [0.3, 0.4) is 0 Å². The van der Waals surface area contributed by atoms with E-state index in [2.05, 4.69) is 15.8 Å². The van der Waals surface area contributed by atoms with Gasteiger partial charge in [-0.05, 0) is 5.56 Å². The van der Waals surface area contributed by atoms with Crippen molar-refractivity contribution in [2.75, 3.05) is 18.8 Å². The van der Waals surface area contributed by atoms with Crippen molar-refractivity contribution < 1.29 is 19.2 Å². The third kappa shape index (κ3) is 3.50. The minimum atomic E-state index is -1.15. The number of carboxylic acid groups (broad SMARTS) is 1. The highest BCUT2D eigenvalue weighted by Crippen LogP contribution is 2.29. The Labute approximate surface area is 119 Å². The summed E-state index contributed by atoms with van der Waals surface area (Å²) in [5.74, 6) is -0.434. The van der Waals surface area contributed by atoms with Gasteiger partial charge in [-0.3, -0.25) is 4.79 Å². The maximum atomic E-state index is 12.0. The van der Waals surface area contributed by atoms with Crippen LogP contribution in [-0.4, -0.2) is 35.4 Å². The van der Waals surface area contributed by atoms with Gasteiger partial charge in [0.15, 0.2) is 5.69 Å². The Bertz CT molecular complexity index is 639. The lowest BCUT2D eigenvalue weighted by Crippen LogP contribution is -2.34. The summed E-state index contributed by atoms with van der Waals surface area (Å²) in [7, 11) is 0. The highest BCUT2D eigenvalue weighted by atomic mass is 16.5. The number of amides is 2. The van der Waals surface area contributed by atoms with E-state index in [1.54, 1.807) is 24.3 Å². The first-order valence-corrected chi connectivity index (χ1v) is 6.15. The molecule has 0 atom stereocenters. The van der Waals surface area contributed by atoms with Gasteiger partial charge in [0, 0.05) is 13.1 Å². The van der Waals surface area contributed by atoms with Gasteiger partial charge in [-0.2, -0.15) is 0 Å². The predicted octanol–water partition coefficient (Wildman–Crippen LogP) is 0.921. The number of benzene rings is 1. The summed E-state index contributed by atoms with van der Waals surface area (Å²) in [4.78, 5) is 22.3. The number of nitrogens with two attached hydrogens (primary N) is 1. The molecule has 0 saturated carbocycles. The number of nitrogens with one attached hydrogen (secondary N) is 2. The van der Waals surface area contributed by atoms with Crippen molar-refractivity contribution in [3.8, 4) is 11.1 Å². The average Bonchev–Trinajstić information content (AvgIpc) is 2.86. The molecule has 8 nitrogen and oxygen atoms in total. The summed E-state index contributed by atoms with van der Waals surface area (Å²) in [5, 5.41) is 16.8. The van der Waals surface area contributed by atoms with Crippen molar-refractivity contribution in [1.29, 1.82) is 0 Å². The summed E-state index contributed by atoms with van der Waals surface area (Å²) in [6.45, 7) is 0.223. The monoisotopic (exact) mass is 290 g/mol. The second-order valence-corrected chi connectivity index (χ2v) is 4.12. The van der Waals surface area contributed by atoms with Crippen LogP contribution >= 0.6 is 0 Å². The Hall–Kier alpha value is -3.03. The molecular weight excluding hydrogens is 276 g/mol. The summed E-state index contributed by atoms with van der Waals surface area (Å²) < 4.78 is 4.87. The molecule has 2 rings (SSSR count). The first-order chi connectivity index (χ1) is 10.1. The van der Waals surface area contributed by atoms with Crippen LogP contribution in [0.2, 0.25) is 0 Å². The van der Waals surface area contributed by atoms with Crippen molar-refractivity contribution >= 4 is 17.9 Å². The van der Waals surface area contributed by atoms with Crippen LogP contribution in [0.15, 0.2) is 34.9 Å². The molecule has 0 unspecified atom stereocenters. The minimum absolute atomic E-state index is 0.0509. The Morgan fingerprint density at radius 3 is 2.52 bits per heavy atom. The van der Waals surface area contributed by atoms with Gasteiger partial charge in [0.25, 0.3) is 5.91 Å². The highest BCUT2D eigenvalue weighted by Gasteiger charge is 2.21. The van der Waals surface area contributed by atoms with Crippen LogP contribution in [0, 0.1) is 0 Å². The largest absolute Gasteiger partial charge is 0.465 e. The van der Waals surface area contributed by atoms with Gasteiger partial charge in [0.2, 0.25) is 5.88 Å². The fraction of sp³-hybridized carbons (Fsp3) is 0.154. The Morgan fingerprint density at radius 1 is 1.19 bits per heavy atom. The lowest BCUT2D eigenvalue weighted by atomic mass is 10.1. The normalized spacial score (nSPS) is 10.1. The predicted molar refractivity (Wildman–Crippen MR) is 74.7 cm³/mol. The maximum absolute atomic E-state index is 12.0. The van der Waals surface area contributed by atoms with Crippen LogP contribution in [0.1, 0.15) is 10.5 Å². The molecule has 21 heavy (non-hydrogen) atoms. The van der Waals surface area contributed by atoms with Crippen LogP contribution in [0.25, 0.3) is 11.1 Å². The number of hydrogen-bond donors (Lipinski definition) is 4. The zero-order chi connectivity index (χ0) is 15.2. The van der Waals surface area contributed by atoms with Crippen molar-refractivity contribution in [1.82, 2.24) is 15.8 Å². The molecule has 0 bridgehead atoms. The van der Waals surface area contributed by atoms with E-state index in [0.717, 1.165) is 0 Å². The Kier molecular flexibility index (Phi) is 4.39. The number of rotatable bonds is 5. The van der Waals surface area contributed by atoms with Crippen LogP contribution < -0.4 is 16.4 Å². The van der Waals surface area contributed by atoms with Gasteiger partial charge in [0.1, 0.15) is 0 Å². The first kappa shape index (κ1) is 14.4. The Balaban J connectivity index is 2.10. The average molecular weight is 290 g/mol. The van der Waals surface area contributed by atoms with Crippen LogP contribution in [-0.2, 0) is 0 Å². The second-order valence-electron chi connectivity index (χ2n) is 4.12. The molecule has 0 aliphatic rings. The number of carbonyl (C=O) groups excluding carboxylic acids is 1. The molecular formula is C13H14N4O4. The molecule has 0 spiro atoms. The molecule has 1 aromatic heterocycles. The highest BCUT2D eigenvalue weighted by molar-refractivity contribution is 6.01. The molecule has 0 aliphatic heterocycles. The summed E-state index contributed by atoms with van der Waals surface area (Å²) in [5.41, 5.74) is 6.90. The molecule has 0 fully saturated rings. The molecule has 1 heterocycles. The molecule has 8 heteroatoms. The molecule has 2 amide bonds. The van der Waals surface area contributed by atoms with Crippen molar-refractivity contribution in [2.24, 2.45) is 0 Å². The van der Waals surface area contributed by atoms with Crippen LogP contribution in [0.4, 0.5) is 10.7 Å². The lowest BCUT2D eigenvalue weighted by Gasteiger charge is -2.05. The van der Waals surface area contributed by atoms with Gasteiger partial charge >= 0.3 is 6.09 Å². The smallest absolute Gasteiger partial charge is 0.404 e. The van der Waals surface area contributed by atoms with Gasteiger partial charge in [-0.25, -0.2) is 4.79 Å². The topological polar surface area (TPSA) is 130 Å². The summed E-state index contributed by atoms with van der Waals surface area (Å²) in [6.07, 6.45) is -1.15. The molecule has 2 aromatic rings. The quantitative estimate of drug-likeness (QED) is 0.606. The van der Waals surface area contributed by atoms with E-state index < -0.39 is 12.0 Å². The fourth-order valence-corrected chi connectivity index (χ4v) is 1.77.